The number of aromatic nitrogens is 1. The first kappa shape index (κ1) is 17.7. The van der Waals surface area contributed by atoms with Crippen molar-refractivity contribution in [1.82, 2.24) is 9.88 Å². The molecular weight excluding hydrogens is 300 g/mol. The van der Waals surface area contributed by atoms with E-state index in [1.807, 2.05) is 0 Å². The van der Waals surface area contributed by atoms with E-state index in [1.54, 1.807) is 32.4 Å². The largest absolute Gasteiger partial charge is 0.417 e. The van der Waals surface area contributed by atoms with Gasteiger partial charge in [-0.25, -0.2) is 4.79 Å². The van der Waals surface area contributed by atoms with Gasteiger partial charge >= 0.3 is 5.76 Å². The highest BCUT2D eigenvalue weighted by atomic mass is 16.5. The highest BCUT2D eigenvalue weighted by Crippen LogP contribution is 2.21. The summed E-state index contributed by atoms with van der Waals surface area (Å²) < 4.78 is 15.2. The number of aliphatic hydroxyl groups excluding tert-OH is 1. The lowest BCUT2D eigenvalue weighted by molar-refractivity contribution is 0.0945. The minimum Gasteiger partial charge on any atom is -0.408 e. The van der Waals surface area contributed by atoms with Crippen LogP contribution in [-0.4, -0.2) is 62.1 Å². The van der Waals surface area contributed by atoms with Gasteiger partial charge in [-0.2, -0.15) is 0 Å². The van der Waals surface area contributed by atoms with Crippen LogP contribution in [0.4, 0.5) is 0 Å². The molecular formula is C16H24N2O5. The highest BCUT2D eigenvalue weighted by molar-refractivity contribution is 5.72. The van der Waals surface area contributed by atoms with Gasteiger partial charge in [0.05, 0.1) is 24.8 Å². The van der Waals surface area contributed by atoms with Crippen molar-refractivity contribution in [2.75, 3.05) is 47.1 Å². The maximum Gasteiger partial charge on any atom is 0.417 e. The molecule has 0 aliphatic carbocycles. The SMILES string of the molecule is COCCN(CCOC)CCC(O)c1ccc2[nH]c(=O)oc2c1. The van der Waals surface area contributed by atoms with Crippen LogP contribution < -0.4 is 5.76 Å². The summed E-state index contributed by atoms with van der Waals surface area (Å²) in [5, 5.41) is 10.4. The molecule has 128 valence electrons. The summed E-state index contributed by atoms with van der Waals surface area (Å²) in [6, 6.07) is 5.24. The molecule has 7 nitrogen and oxygen atoms in total. The third kappa shape index (κ3) is 5.18. The molecule has 1 atom stereocenters. The zero-order valence-corrected chi connectivity index (χ0v) is 13.6. The van der Waals surface area contributed by atoms with Crippen LogP contribution in [0.2, 0.25) is 0 Å². The molecule has 2 N–H and O–H groups in total. The molecule has 1 heterocycles. The normalized spacial score (nSPS) is 13.0. The number of aromatic amines is 1. The molecule has 23 heavy (non-hydrogen) atoms. The molecule has 0 fully saturated rings. The molecule has 0 spiro atoms. The van der Waals surface area contributed by atoms with E-state index >= 15 is 0 Å². The van der Waals surface area contributed by atoms with Crippen LogP contribution in [0.15, 0.2) is 27.4 Å². The third-order valence-electron chi connectivity index (χ3n) is 3.77. The van der Waals surface area contributed by atoms with Crippen molar-refractivity contribution in [1.29, 1.82) is 0 Å². The van der Waals surface area contributed by atoms with Gasteiger partial charge in [0.1, 0.15) is 0 Å². The van der Waals surface area contributed by atoms with Crippen molar-refractivity contribution in [3.8, 4) is 0 Å². The summed E-state index contributed by atoms with van der Waals surface area (Å²) >= 11 is 0. The van der Waals surface area contributed by atoms with Gasteiger partial charge in [0.15, 0.2) is 5.58 Å². The maximum atomic E-state index is 11.2. The number of hydrogen-bond donors (Lipinski definition) is 2. The molecule has 2 aromatic rings. The number of ether oxygens (including phenoxy) is 2. The number of fused-ring (bicyclic) bond motifs is 1. The van der Waals surface area contributed by atoms with Crippen LogP contribution in [0, 0.1) is 0 Å². The van der Waals surface area contributed by atoms with E-state index < -0.39 is 11.9 Å². The summed E-state index contributed by atoms with van der Waals surface area (Å²) in [6.07, 6.45) is -0.0414. The number of aliphatic hydroxyl groups is 1. The lowest BCUT2D eigenvalue weighted by Gasteiger charge is -2.23. The number of nitrogens with zero attached hydrogens (tertiary/aromatic N) is 1. The average molecular weight is 324 g/mol. The van der Waals surface area contributed by atoms with Crippen LogP contribution in [-0.2, 0) is 9.47 Å². The number of hydrogen-bond acceptors (Lipinski definition) is 6. The van der Waals surface area contributed by atoms with Crippen molar-refractivity contribution in [3.05, 3.63) is 34.3 Å². The average Bonchev–Trinajstić information content (AvgIpc) is 2.92. The highest BCUT2D eigenvalue weighted by Gasteiger charge is 2.13. The van der Waals surface area contributed by atoms with Crippen LogP contribution in [0.3, 0.4) is 0 Å². The predicted octanol–water partition coefficient (Wildman–Crippen LogP) is 1.14. The van der Waals surface area contributed by atoms with Crippen molar-refractivity contribution in [3.63, 3.8) is 0 Å². The van der Waals surface area contributed by atoms with Crippen LogP contribution in [0.5, 0.6) is 0 Å². The summed E-state index contributed by atoms with van der Waals surface area (Å²) in [5.74, 6) is -0.489. The Hall–Kier alpha value is -1.67. The Morgan fingerprint density at radius 2 is 1.91 bits per heavy atom. The van der Waals surface area contributed by atoms with Gasteiger partial charge in [-0.05, 0) is 24.1 Å². The van der Waals surface area contributed by atoms with E-state index in [9.17, 15) is 9.90 Å². The minimum absolute atomic E-state index is 0.460. The fourth-order valence-electron chi connectivity index (χ4n) is 2.42. The van der Waals surface area contributed by atoms with Crippen LogP contribution in [0.25, 0.3) is 11.1 Å². The van der Waals surface area contributed by atoms with Crippen molar-refractivity contribution >= 4 is 11.1 Å². The first-order valence-electron chi connectivity index (χ1n) is 7.65. The minimum atomic E-state index is -0.618. The molecule has 0 saturated carbocycles. The molecule has 1 aromatic heterocycles. The predicted molar refractivity (Wildman–Crippen MR) is 86.6 cm³/mol. The number of nitrogens with one attached hydrogen (secondary N) is 1. The van der Waals surface area contributed by atoms with Gasteiger partial charge in [-0.15, -0.1) is 0 Å². The Balaban J connectivity index is 1.94. The molecule has 0 amide bonds. The monoisotopic (exact) mass is 324 g/mol. The lowest BCUT2D eigenvalue weighted by Crippen LogP contribution is -2.32. The number of methoxy groups -OCH3 is 2. The third-order valence-corrected chi connectivity index (χ3v) is 3.77. The number of rotatable bonds is 10. The Labute approximate surface area is 134 Å². The molecule has 0 saturated heterocycles. The quantitative estimate of drug-likeness (QED) is 0.681. The van der Waals surface area contributed by atoms with Crippen molar-refractivity contribution in [2.24, 2.45) is 0 Å². The molecule has 0 aliphatic rings. The van der Waals surface area contributed by atoms with E-state index in [2.05, 4.69) is 9.88 Å². The Morgan fingerprint density at radius 1 is 1.22 bits per heavy atom. The van der Waals surface area contributed by atoms with Crippen LogP contribution >= 0.6 is 0 Å². The van der Waals surface area contributed by atoms with Gasteiger partial charge < -0.3 is 19.0 Å². The second-order valence-electron chi connectivity index (χ2n) is 5.40. The van der Waals surface area contributed by atoms with Gasteiger partial charge in [0.2, 0.25) is 0 Å². The number of H-pyrrole nitrogens is 1. The number of benzene rings is 1. The second kappa shape index (κ2) is 8.83. The molecule has 1 unspecified atom stereocenters. The molecule has 1 aromatic carbocycles. The standard InChI is InChI=1S/C16H24N2O5/c1-21-9-7-18(8-10-22-2)6-5-14(19)12-3-4-13-15(11-12)23-16(20)17-13/h3-4,11,14,19H,5-10H2,1-2H3,(H,17,20). The van der Waals surface area contributed by atoms with E-state index in [4.69, 9.17) is 13.9 Å². The summed E-state index contributed by atoms with van der Waals surface area (Å²) in [5.41, 5.74) is 1.83. The fraction of sp³-hybridized carbons (Fsp3) is 0.562. The van der Waals surface area contributed by atoms with Crippen LogP contribution in [0.1, 0.15) is 18.1 Å². The van der Waals surface area contributed by atoms with E-state index in [0.717, 1.165) is 25.2 Å². The first-order valence-corrected chi connectivity index (χ1v) is 7.65. The maximum absolute atomic E-state index is 11.2. The molecule has 7 heteroatoms. The van der Waals surface area contributed by atoms with Gasteiger partial charge in [-0.3, -0.25) is 9.88 Å². The molecule has 2 rings (SSSR count). The molecule has 0 radical (unpaired) electrons. The Bertz CT molecular complexity index is 643. The van der Waals surface area contributed by atoms with Gasteiger partial charge in [0.25, 0.3) is 0 Å². The zero-order valence-electron chi connectivity index (χ0n) is 13.6. The van der Waals surface area contributed by atoms with Gasteiger partial charge in [-0.1, -0.05) is 6.07 Å². The topological polar surface area (TPSA) is 87.9 Å². The Morgan fingerprint density at radius 3 is 2.57 bits per heavy atom. The lowest BCUT2D eigenvalue weighted by atomic mass is 10.1. The molecule has 0 bridgehead atoms. The van der Waals surface area contributed by atoms with E-state index in [-0.39, 0.29) is 0 Å². The first-order chi connectivity index (χ1) is 11.1. The van der Waals surface area contributed by atoms with Crippen molar-refractivity contribution in [2.45, 2.75) is 12.5 Å². The summed E-state index contributed by atoms with van der Waals surface area (Å²) in [6.45, 7) is 3.58. The number of oxazole rings is 1. The zero-order chi connectivity index (χ0) is 16.7. The molecule has 0 aliphatic heterocycles. The van der Waals surface area contributed by atoms with E-state index in [1.165, 1.54) is 0 Å². The van der Waals surface area contributed by atoms with Gasteiger partial charge in [0, 0.05) is 33.9 Å². The summed E-state index contributed by atoms with van der Waals surface area (Å²) in [7, 11) is 3.34. The Kier molecular flexibility index (Phi) is 6.79. The van der Waals surface area contributed by atoms with Crippen molar-refractivity contribution < 1.29 is 19.0 Å². The second-order valence-corrected chi connectivity index (χ2v) is 5.40. The fourth-order valence-corrected chi connectivity index (χ4v) is 2.42. The summed E-state index contributed by atoms with van der Waals surface area (Å²) in [4.78, 5) is 15.9. The smallest absolute Gasteiger partial charge is 0.408 e. The van der Waals surface area contributed by atoms with E-state index in [0.29, 0.717) is 30.7 Å².